The van der Waals surface area contributed by atoms with E-state index < -0.39 is 0 Å². The smallest absolute Gasteiger partial charge is 0.143 e. The van der Waals surface area contributed by atoms with Gasteiger partial charge in [-0.25, -0.2) is 0 Å². The van der Waals surface area contributed by atoms with Crippen molar-refractivity contribution in [3.8, 4) is 0 Å². The van der Waals surface area contributed by atoms with Crippen molar-refractivity contribution in [1.29, 1.82) is 0 Å². The molecule has 0 fully saturated rings. The summed E-state index contributed by atoms with van der Waals surface area (Å²) in [5.74, 6) is 0. The van der Waals surface area contributed by atoms with Crippen LogP contribution < -0.4 is 0 Å². The monoisotopic (exact) mass is 150 g/mol. The van der Waals surface area contributed by atoms with Crippen LogP contribution in [0.3, 0.4) is 0 Å². The first-order chi connectivity index (χ1) is 5.16. The number of hydrogen-bond donors (Lipinski definition) is 0. The number of carbonyl (C=O) groups excluding carboxylic acids is 1. The minimum Gasteiger partial charge on any atom is -0.299 e. The standard InChI is InChI=1S/C10H14O/c1-9(2)5-4-6-10(3)7-8-11/h4-8H,1-3H3/b6-4+,10-7+. The van der Waals surface area contributed by atoms with Gasteiger partial charge in [0.25, 0.3) is 0 Å². The second kappa shape index (κ2) is 5.66. The Morgan fingerprint density at radius 3 is 2.18 bits per heavy atom. The Hall–Kier alpha value is -1.11. The second-order valence-corrected chi connectivity index (χ2v) is 2.65. The molecule has 1 heteroatoms. The molecule has 0 saturated carbocycles. The normalized spacial score (nSPS) is 11.7. The van der Waals surface area contributed by atoms with Gasteiger partial charge < -0.3 is 0 Å². The molecule has 0 rings (SSSR count). The fourth-order valence-electron chi connectivity index (χ4n) is 0.555. The van der Waals surface area contributed by atoms with E-state index in [1.165, 1.54) is 11.6 Å². The van der Waals surface area contributed by atoms with Gasteiger partial charge in [-0.05, 0) is 32.4 Å². The SMILES string of the molecule is CC(C)=C/C=C/C(C)=C/C=O. The van der Waals surface area contributed by atoms with Crippen LogP contribution >= 0.6 is 0 Å². The predicted molar refractivity (Wildman–Crippen MR) is 48.4 cm³/mol. The van der Waals surface area contributed by atoms with Crippen LogP contribution in [-0.2, 0) is 4.79 Å². The molecule has 0 aliphatic rings. The zero-order chi connectivity index (χ0) is 8.69. The molecule has 11 heavy (non-hydrogen) atoms. The zero-order valence-corrected chi connectivity index (χ0v) is 7.29. The van der Waals surface area contributed by atoms with Crippen LogP contribution in [0.25, 0.3) is 0 Å². The summed E-state index contributed by atoms with van der Waals surface area (Å²) < 4.78 is 0. The Morgan fingerprint density at radius 2 is 1.73 bits per heavy atom. The Labute approximate surface area is 68.1 Å². The van der Waals surface area contributed by atoms with Crippen LogP contribution in [-0.4, -0.2) is 6.29 Å². The van der Waals surface area contributed by atoms with E-state index in [9.17, 15) is 4.79 Å². The van der Waals surface area contributed by atoms with Gasteiger partial charge in [0.2, 0.25) is 0 Å². The Bertz CT molecular complexity index is 203. The molecular formula is C10H14O. The van der Waals surface area contributed by atoms with Crippen LogP contribution in [0, 0.1) is 0 Å². The fraction of sp³-hybridized carbons (Fsp3) is 0.300. The number of rotatable bonds is 3. The van der Waals surface area contributed by atoms with Crippen LogP contribution in [0.5, 0.6) is 0 Å². The molecule has 0 aliphatic carbocycles. The summed E-state index contributed by atoms with van der Waals surface area (Å²) in [5, 5.41) is 0. The maximum absolute atomic E-state index is 9.99. The zero-order valence-electron chi connectivity index (χ0n) is 7.29. The van der Waals surface area contributed by atoms with Crippen molar-refractivity contribution < 1.29 is 4.79 Å². The minimum absolute atomic E-state index is 0.794. The van der Waals surface area contributed by atoms with Gasteiger partial charge in [-0.15, -0.1) is 0 Å². The van der Waals surface area contributed by atoms with Gasteiger partial charge in [0.1, 0.15) is 6.29 Å². The summed E-state index contributed by atoms with van der Waals surface area (Å²) in [6.45, 7) is 5.95. The topological polar surface area (TPSA) is 17.1 Å². The number of aldehydes is 1. The summed E-state index contributed by atoms with van der Waals surface area (Å²) >= 11 is 0. The lowest BCUT2D eigenvalue weighted by atomic mass is 10.2. The van der Waals surface area contributed by atoms with Gasteiger partial charge in [-0.2, -0.15) is 0 Å². The first kappa shape index (κ1) is 9.89. The van der Waals surface area contributed by atoms with Crippen molar-refractivity contribution in [2.45, 2.75) is 20.8 Å². The van der Waals surface area contributed by atoms with E-state index in [1.807, 2.05) is 39.0 Å². The first-order valence-electron chi connectivity index (χ1n) is 3.60. The molecule has 0 aromatic rings. The van der Waals surface area contributed by atoms with Gasteiger partial charge in [-0.1, -0.05) is 23.8 Å². The lowest BCUT2D eigenvalue weighted by molar-refractivity contribution is -0.104. The van der Waals surface area contributed by atoms with E-state index >= 15 is 0 Å². The van der Waals surface area contributed by atoms with Crippen molar-refractivity contribution >= 4 is 6.29 Å². The highest BCUT2D eigenvalue weighted by molar-refractivity contribution is 5.66. The lowest BCUT2D eigenvalue weighted by Crippen LogP contribution is -1.68. The molecule has 0 atom stereocenters. The molecule has 0 aliphatic heterocycles. The summed E-state index contributed by atoms with van der Waals surface area (Å²) in [6.07, 6.45) is 8.17. The molecule has 1 nitrogen and oxygen atoms in total. The van der Waals surface area contributed by atoms with Crippen LogP contribution in [0.1, 0.15) is 20.8 Å². The average molecular weight is 150 g/mol. The number of allylic oxidation sites excluding steroid dienone is 6. The first-order valence-corrected chi connectivity index (χ1v) is 3.60. The Balaban J connectivity index is 4.03. The summed E-state index contributed by atoms with van der Waals surface area (Å²) in [4.78, 5) is 9.99. The number of hydrogen-bond acceptors (Lipinski definition) is 1. The molecule has 0 spiro atoms. The molecule has 0 bridgehead atoms. The van der Waals surface area contributed by atoms with E-state index in [4.69, 9.17) is 0 Å². The van der Waals surface area contributed by atoms with Crippen LogP contribution in [0.4, 0.5) is 0 Å². The van der Waals surface area contributed by atoms with Crippen molar-refractivity contribution in [2.24, 2.45) is 0 Å². The van der Waals surface area contributed by atoms with Crippen molar-refractivity contribution in [3.63, 3.8) is 0 Å². The van der Waals surface area contributed by atoms with Crippen LogP contribution in [0.15, 0.2) is 35.5 Å². The van der Waals surface area contributed by atoms with Crippen molar-refractivity contribution in [1.82, 2.24) is 0 Å². The summed E-state index contributed by atoms with van der Waals surface area (Å²) in [5.41, 5.74) is 2.22. The molecule has 0 radical (unpaired) electrons. The summed E-state index contributed by atoms with van der Waals surface area (Å²) in [7, 11) is 0. The molecular weight excluding hydrogens is 136 g/mol. The maximum Gasteiger partial charge on any atom is 0.143 e. The highest BCUT2D eigenvalue weighted by atomic mass is 16.1. The molecule has 0 N–H and O–H groups in total. The average Bonchev–Trinajstić information content (AvgIpc) is 1.87. The van der Waals surface area contributed by atoms with Crippen molar-refractivity contribution in [3.05, 3.63) is 35.5 Å². The number of carbonyl (C=O) groups is 1. The van der Waals surface area contributed by atoms with Gasteiger partial charge in [0.15, 0.2) is 0 Å². The third kappa shape index (κ3) is 6.78. The highest BCUT2D eigenvalue weighted by Gasteiger charge is 1.77. The maximum atomic E-state index is 9.99. The predicted octanol–water partition coefficient (Wildman–Crippen LogP) is 2.65. The largest absolute Gasteiger partial charge is 0.299 e. The summed E-state index contributed by atoms with van der Waals surface area (Å²) in [6, 6.07) is 0. The molecule has 0 saturated heterocycles. The van der Waals surface area contributed by atoms with Crippen LogP contribution in [0.2, 0.25) is 0 Å². The van der Waals surface area contributed by atoms with E-state index in [2.05, 4.69) is 0 Å². The molecule has 0 heterocycles. The molecule has 0 aromatic carbocycles. The van der Waals surface area contributed by atoms with Gasteiger partial charge in [-0.3, -0.25) is 4.79 Å². The van der Waals surface area contributed by atoms with E-state index in [0.29, 0.717) is 0 Å². The third-order valence-corrected chi connectivity index (χ3v) is 1.12. The third-order valence-electron chi connectivity index (χ3n) is 1.12. The molecule has 0 unspecified atom stereocenters. The van der Waals surface area contributed by atoms with Gasteiger partial charge in [0, 0.05) is 0 Å². The van der Waals surface area contributed by atoms with Gasteiger partial charge >= 0.3 is 0 Å². The Kier molecular flexibility index (Phi) is 5.09. The van der Waals surface area contributed by atoms with E-state index in [-0.39, 0.29) is 0 Å². The lowest BCUT2D eigenvalue weighted by Gasteiger charge is -1.85. The quantitative estimate of drug-likeness (QED) is 0.343. The van der Waals surface area contributed by atoms with E-state index in [1.54, 1.807) is 0 Å². The van der Waals surface area contributed by atoms with E-state index in [0.717, 1.165) is 11.9 Å². The highest BCUT2D eigenvalue weighted by Crippen LogP contribution is 1.95. The van der Waals surface area contributed by atoms with Crippen molar-refractivity contribution in [2.75, 3.05) is 0 Å². The minimum atomic E-state index is 0.794. The van der Waals surface area contributed by atoms with Gasteiger partial charge in [0.05, 0.1) is 0 Å². The second-order valence-electron chi connectivity index (χ2n) is 2.65. The fourth-order valence-corrected chi connectivity index (χ4v) is 0.555. The molecule has 0 amide bonds. The Morgan fingerprint density at radius 1 is 1.09 bits per heavy atom. The molecule has 0 aromatic heterocycles. The molecule has 60 valence electrons.